The fourth-order valence-corrected chi connectivity index (χ4v) is 3.52. The molecule has 2 N–H and O–H groups in total. The number of carbonyl (C=O) groups is 3. The number of aliphatic imine (C=N–C) groups is 1. The van der Waals surface area contributed by atoms with Crippen molar-refractivity contribution in [1.29, 1.82) is 0 Å². The van der Waals surface area contributed by atoms with E-state index in [-0.39, 0.29) is 0 Å². The van der Waals surface area contributed by atoms with Gasteiger partial charge in [0.2, 0.25) is 5.91 Å². The van der Waals surface area contributed by atoms with Gasteiger partial charge in [0.15, 0.2) is 5.92 Å². The maximum atomic E-state index is 12.8. The smallest absolute Gasteiger partial charge is 0.335 e. The summed E-state index contributed by atoms with van der Waals surface area (Å²) in [5.74, 6) is -2.42. The molecule has 1 aliphatic rings. The first-order chi connectivity index (χ1) is 14.0. The molecule has 7 nitrogen and oxygen atoms in total. The Bertz CT molecular complexity index is 1120. The number of hydrogen-bond donors (Lipinski definition) is 2. The van der Waals surface area contributed by atoms with Crippen LogP contribution in [0.4, 0.5) is 10.5 Å². The van der Waals surface area contributed by atoms with Gasteiger partial charge in [-0.25, -0.2) is 9.69 Å². The number of amides is 4. The first-order valence-electron chi connectivity index (χ1n) is 9.04. The quantitative estimate of drug-likeness (QED) is 0.458. The first kappa shape index (κ1) is 19.1. The zero-order valence-corrected chi connectivity index (χ0v) is 16.8. The summed E-state index contributed by atoms with van der Waals surface area (Å²) in [6.07, 6.45) is 3.93. The summed E-state index contributed by atoms with van der Waals surface area (Å²) in [7, 11) is 0. The van der Waals surface area contributed by atoms with E-state index >= 15 is 0 Å². The van der Waals surface area contributed by atoms with Gasteiger partial charge >= 0.3 is 6.03 Å². The Morgan fingerprint density at radius 2 is 1.83 bits per heavy atom. The second-order valence-electron chi connectivity index (χ2n) is 6.59. The highest BCUT2D eigenvalue weighted by Crippen LogP contribution is 2.22. The van der Waals surface area contributed by atoms with Crippen molar-refractivity contribution in [1.82, 2.24) is 10.3 Å². The van der Waals surface area contributed by atoms with E-state index in [0.29, 0.717) is 18.7 Å². The third kappa shape index (κ3) is 3.84. The number of nitrogens with one attached hydrogen (secondary N) is 2. The summed E-state index contributed by atoms with van der Waals surface area (Å²) in [6, 6.07) is 13.9. The van der Waals surface area contributed by atoms with E-state index < -0.39 is 23.8 Å². The number of imide groups is 2. The SMILES string of the molecule is O=C1NC(=O)N(c2ccc(Br)cc2)C(=O)C1C=NCCc1c[nH]c2ccccc12. The largest absolute Gasteiger partial charge is 0.361 e. The van der Waals surface area contributed by atoms with Crippen LogP contribution in [0.3, 0.4) is 0 Å². The molecule has 0 saturated carbocycles. The van der Waals surface area contributed by atoms with Crippen LogP contribution in [0.2, 0.25) is 0 Å². The minimum Gasteiger partial charge on any atom is -0.361 e. The molecule has 1 fully saturated rings. The molecule has 4 amide bonds. The van der Waals surface area contributed by atoms with Gasteiger partial charge in [-0.3, -0.25) is 19.9 Å². The number of anilines is 1. The molecule has 3 aromatic rings. The number of carbonyl (C=O) groups excluding carboxylic acids is 3. The van der Waals surface area contributed by atoms with Crippen molar-refractivity contribution in [3.8, 4) is 0 Å². The van der Waals surface area contributed by atoms with Gasteiger partial charge in [-0.15, -0.1) is 0 Å². The molecule has 8 heteroatoms. The molecular weight excluding hydrogens is 436 g/mol. The molecule has 29 heavy (non-hydrogen) atoms. The summed E-state index contributed by atoms with van der Waals surface area (Å²) >= 11 is 3.31. The number of urea groups is 1. The standard InChI is InChI=1S/C21H17BrN4O3/c22-14-5-7-15(8-6-14)26-20(28)17(19(27)25-21(26)29)12-23-10-9-13-11-24-18-4-2-1-3-16(13)18/h1-8,11-12,17,24H,9-10H2,(H,25,27,29). The number of nitrogens with zero attached hydrogens (tertiary/aromatic N) is 2. The lowest BCUT2D eigenvalue weighted by Gasteiger charge is -2.28. The third-order valence-corrected chi connectivity index (χ3v) is 5.26. The second kappa shape index (κ2) is 8.00. The molecule has 2 heterocycles. The molecule has 2 aromatic carbocycles. The lowest BCUT2D eigenvalue weighted by Crippen LogP contribution is -2.58. The summed E-state index contributed by atoms with van der Waals surface area (Å²) in [5.41, 5.74) is 2.56. The van der Waals surface area contributed by atoms with Crippen molar-refractivity contribution in [2.24, 2.45) is 10.9 Å². The monoisotopic (exact) mass is 452 g/mol. The van der Waals surface area contributed by atoms with Gasteiger partial charge in [-0.2, -0.15) is 0 Å². The molecule has 0 aliphatic carbocycles. The van der Waals surface area contributed by atoms with Crippen molar-refractivity contribution >= 4 is 56.6 Å². The van der Waals surface area contributed by atoms with Crippen LogP contribution in [0, 0.1) is 5.92 Å². The van der Waals surface area contributed by atoms with E-state index in [1.807, 2.05) is 30.5 Å². The second-order valence-corrected chi connectivity index (χ2v) is 7.50. The van der Waals surface area contributed by atoms with Crippen molar-refractivity contribution in [2.45, 2.75) is 6.42 Å². The van der Waals surface area contributed by atoms with E-state index in [4.69, 9.17) is 0 Å². The van der Waals surface area contributed by atoms with Gasteiger partial charge in [0.1, 0.15) is 0 Å². The minimum absolute atomic E-state index is 0.389. The van der Waals surface area contributed by atoms with Crippen LogP contribution in [0.5, 0.6) is 0 Å². The summed E-state index contributed by atoms with van der Waals surface area (Å²) < 4.78 is 0.817. The van der Waals surface area contributed by atoms with Crippen LogP contribution in [0.1, 0.15) is 5.56 Å². The van der Waals surface area contributed by atoms with Gasteiger partial charge < -0.3 is 4.98 Å². The number of benzene rings is 2. The lowest BCUT2D eigenvalue weighted by atomic mass is 10.1. The Hall–Kier alpha value is -3.26. The molecule has 1 aromatic heterocycles. The van der Waals surface area contributed by atoms with Gasteiger partial charge in [-0.1, -0.05) is 34.1 Å². The Morgan fingerprint density at radius 1 is 1.07 bits per heavy atom. The molecule has 1 unspecified atom stereocenters. The highest BCUT2D eigenvalue weighted by Gasteiger charge is 2.40. The van der Waals surface area contributed by atoms with Crippen LogP contribution in [0.15, 0.2) is 64.2 Å². The number of hydrogen-bond acceptors (Lipinski definition) is 4. The molecule has 1 saturated heterocycles. The van der Waals surface area contributed by atoms with E-state index in [9.17, 15) is 14.4 Å². The predicted octanol–water partition coefficient (Wildman–Crippen LogP) is 3.44. The number of para-hydroxylation sites is 1. The number of aromatic nitrogens is 1. The Kier molecular flexibility index (Phi) is 5.26. The topological polar surface area (TPSA) is 94.6 Å². The van der Waals surface area contributed by atoms with E-state index in [1.54, 1.807) is 24.3 Å². The van der Waals surface area contributed by atoms with Crippen LogP contribution in [-0.4, -0.2) is 35.6 Å². The zero-order valence-electron chi connectivity index (χ0n) is 15.3. The molecular formula is C21H17BrN4O3. The van der Waals surface area contributed by atoms with Gasteiger partial charge in [0.25, 0.3) is 5.91 Å². The highest BCUT2D eigenvalue weighted by molar-refractivity contribution is 9.10. The van der Waals surface area contributed by atoms with Gasteiger partial charge in [0, 0.05) is 34.3 Å². The third-order valence-electron chi connectivity index (χ3n) is 4.73. The number of aromatic amines is 1. The Balaban J connectivity index is 1.46. The van der Waals surface area contributed by atoms with Crippen LogP contribution >= 0.6 is 15.9 Å². The average molecular weight is 453 g/mol. The minimum atomic E-state index is -1.14. The van der Waals surface area contributed by atoms with Crippen molar-refractivity contribution in [3.63, 3.8) is 0 Å². The Labute approximate surface area is 174 Å². The average Bonchev–Trinajstić information content (AvgIpc) is 3.12. The Morgan fingerprint density at radius 3 is 2.62 bits per heavy atom. The number of H-pyrrole nitrogens is 1. The van der Waals surface area contributed by atoms with Crippen molar-refractivity contribution in [2.75, 3.05) is 11.4 Å². The number of rotatable bonds is 5. The number of barbiturate groups is 1. The summed E-state index contributed by atoms with van der Waals surface area (Å²) in [6.45, 7) is 0.422. The van der Waals surface area contributed by atoms with Crippen molar-refractivity contribution < 1.29 is 14.4 Å². The van der Waals surface area contributed by atoms with E-state index in [2.05, 4.69) is 31.2 Å². The summed E-state index contributed by atoms with van der Waals surface area (Å²) in [5, 5.41) is 3.35. The number of halogens is 1. The van der Waals surface area contributed by atoms with Crippen molar-refractivity contribution in [3.05, 3.63) is 64.8 Å². The molecule has 1 atom stereocenters. The predicted molar refractivity (Wildman–Crippen MR) is 114 cm³/mol. The summed E-state index contributed by atoms with van der Waals surface area (Å²) in [4.78, 5) is 45.5. The molecule has 0 bridgehead atoms. The molecule has 0 radical (unpaired) electrons. The zero-order chi connectivity index (χ0) is 20.4. The molecule has 4 rings (SSSR count). The molecule has 0 spiro atoms. The number of fused-ring (bicyclic) bond motifs is 1. The lowest BCUT2D eigenvalue weighted by molar-refractivity contribution is -0.131. The van der Waals surface area contributed by atoms with Crippen LogP contribution < -0.4 is 10.2 Å². The van der Waals surface area contributed by atoms with E-state index in [0.717, 1.165) is 25.8 Å². The fraction of sp³-hybridized carbons (Fsp3) is 0.143. The highest BCUT2D eigenvalue weighted by atomic mass is 79.9. The maximum absolute atomic E-state index is 12.8. The molecule has 1 aliphatic heterocycles. The first-order valence-corrected chi connectivity index (χ1v) is 9.83. The molecule has 146 valence electrons. The maximum Gasteiger partial charge on any atom is 0.335 e. The van der Waals surface area contributed by atoms with Crippen LogP contribution in [0.25, 0.3) is 10.9 Å². The fourth-order valence-electron chi connectivity index (χ4n) is 3.26. The van der Waals surface area contributed by atoms with E-state index in [1.165, 1.54) is 6.21 Å². The normalized spacial score (nSPS) is 17.3. The van der Waals surface area contributed by atoms with Gasteiger partial charge in [0.05, 0.1) is 5.69 Å². The van der Waals surface area contributed by atoms with Crippen LogP contribution in [-0.2, 0) is 16.0 Å². The van der Waals surface area contributed by atoms with Gasteiger partial charge in [-0.05, 0) is 42.3 Å².